The Morgan fingerprint density at radius 3 is 2.08 bits per heavy atom. The number of methoxy groups -OCH3 is 1. The Labute approximate surface area is 232 Å². The third-order valence-electron chi connectivity index (χ3n) is 5.28. The number of carbonyl (C=O) groups is 1. The molecule has 1 N–H and O–H groups in total. The third kappa shape index (κ3) is 7.68. The SMILES string of the molecule is COc1cc(C(=O)N/N=C\c2ccccc2OCc2cccc(Br)c2)ccc1OCc1cccc(Br)c1. The van der Waals surface area contributed by atoms with E-state index in [0.29, 0.717) is 36.0 Å². The van der Waals surface area contributed by atoms with Gasteiger partial charge in [-0.25, -0.2) is 5.43 Å². The van der Waals surface area contributed by atoms with Gasteiger partial charge in [-0.3, -0.25) is 4.79 Å². The Balaban J connectivity index is 1.37. The molecule has 0 saturated carbocycles. The lowest BCUT2D eigenvalue weighted by Crippen LogP contribution is -2.17. The number of hydrogen-bond donors (Lipinski definition) is 1. The second-order valence-corrected chi connectivity index (χ2v) is 9.77. The van der Waals surface area contributed by atoms with Crippen molar-refractivity contribution >= 4 is 44.0 Å². The van der Waals surface area contributed by atoms with Crippen LogP contribution in [0.15, 0.2) is 105 Å². The van der Waals surface area contributed by atoms with Crippen molar-refractivity contribution in [3.05, 3.63) is 122 Å². The van der Waals surface area contributed by atoms with Crippen LogP contribution in [0.1, 0.15) is 27.0 Å². The summed E-state index contributed by atoms with van der Waals surface area (Å²) in [6.45, 7) is 0.779. The molecule has 0 radical (unpaired) electrons. The summed E-state index contributed by atoms with van der Waals surface area (Å²) in [5.74, 6) is 1.28. The number of hydrogen-bond acceptors (Lipinski definition) is 5. The molecule has 1 amide bonds. The van der Waals surface area contributed by atoms with E-state index in [2.05, 4.69) is 42.4 Å². The van der Waals surface area contributed by atoms with Gasteiger partial charge in [-0.2, -0.15) is 5.10 Å². The van der Waals surface area contributed by atoms with E-state index in [0.717, 1.165) is 25.6 Å². The van der Waals surface area contributed by atoms with E-state index >= 15 is 0 Å². The molecule has 188 valence electrons. The van der Waals surface area contributed by atoms with Gasteiger partial charge in [0, 0.05) is 20.1 Å². The molecule has 0 aliphatic heterocycles. The largest absolute Gasteiger partial charge is 0.493 e. The summed E-state index contributed by atoms with van der Waals surface area (Å²) >= 11 is 6.93. The zero-order valence-corrected chi connectivity index (χ0v) is 23.2. The van der Waals surface area contributed by atoms with Crippen molar-refractivity contribution in [2.45, 2.75) is 13.2 Å². The summed E-state index contributed by atoms with van der Waals surface area (Å²) in [4.78, 5) is 12.7. The zero-order valence-electron chi connectivity index (χ0n) is 20.0. The lowest BCUT2D eigenvalue weighted by Gasteiger charge is -2.12. The van der Waals surface area contributed by atoms with Crippen molar-refractivity contribution in [3.63, 3.8) is 0 Å². The average Bonchev–Trinajstić information content (AvgIpc) is 2.91. The standard InChI is InChI=1S/C29H24Br2N2O4/c1-35-28-16-22(12-13-27(28)37-19-21-7-5-10-25(31)15-21)29(34)33-32-17-23-8-2-3-11-26(23)36-18-20-6-4-9-24(30)14-20/h2-17H,18-19H2,1H3,(H,33,34)/b32-17-. The van der Waals surface area contributed by atoms with Crippen LogP contribution in [0.2, 0.25) is 0 Å². The second kappa shape index (κ2) is 13.1. The van der Waals surface area contributed by atoms with Crippen LogP contribution in [-0.4, -0.2) is 19.2 Å². The van der Waals surface area contributed by atoms with Gasteiger partial charge in [-0.15, -0.1) is 0 Å². The number of carbonyl (C=O) groups excluding carboxylic acids is 1. The van der Waals surface area contributed by atoms with Crippen molar-refractivity contribution < 1.29 is 19.0 Å². The van der Waals surface area contributed by atoms with Crippen LogP contribution >= 0.6 is 31.9 Å². The lowest BCUT2D eigenvalue weighted by atomic mass is 10.2. The maximum atomic E-state index is 12.7. The molecule has 6 nitrogen and oxygen atoms in total. The minimum absolute atomic E-state index is 0.370. The molecule has 0 bridgehead atoms. The molecule has 8 heteroatoms. The summed E-state index contributed by atoms with van der Waals surface area (Å²) in [6.07, 6.45) is 1.56. The normalized spacial score (nSPS) is 10.8. The zero-order chi connectivity index (χ0) is 26.0. The number of para-hydroxylation sites is 1. The summed E-state index contributed by atoms with van der Waals surface area (Å²) < 4.78 is 19.3. The molecule has 4 rings (SSSR count). The highest BCUT2D eigenvalue weighted by Crippen LogP contribution is 2.29. The van der Waals surface area contributed by atoms with E-state index in [4.69, 9.17) is 14.2 Å². The molecule has 4 aromatic carbocycles. The summed E-state index contributed by atoms with van der Waals surface area (Å²) in [6, 6.07) is 28.3. The van der Waals surface area contributed by atoms with Crippen molar-refractivity contribution in [2.75, 3.05) is 7.11 Å². The molecule has 0 saturated heterocycles. The van der Waals surface area contributed by atoms with Crippen molar-refractivity contribution in [3.8, 4) is 17.2 Å². The monoisotopic (exact) mass is 622 g/mol. The highest BCUT2D eigenvalue weighted by molar-refractivity contribution is 9.10. The maximum Gasteiger partial charge on any atom is 0.271 e. The number of amides is 1. The van der Waals surface area contributed by atoms with E-state index in [1.165, 1.54) is 7.11 Å². The van der Waals surface area contributed by atoms with Gasteiger partial charge in [0.25, 0.3) is 5.91 Å². The van der Waals surface area contributed by atoms with Gasteiger partial charge in [0.15, 0.2) is 11.5 Å². The smallest absolute Gasteiger partial charge is 0.271 e. The van der Waals surface area contributed by atoms with E-state index in [-0.39, 0.29) is 5.91 Å². The van der Waals surface area contributed by atoms with Gasteiger partial charge in [0.2, 0.25) is 0 Å². The fraction of sp³-hybridized carbons (Fsp3) is 0.103. The van der Waals surface area contributed by atoms with Crippen LogP contribution in [0.3, 0.4) is 0 Å². The highest BCUT2D eigenvalue weighted by atomic mass is 79.9. The molecule has 0 aromatic heterocycles. The molecule has 37 heavy (non-hydrogen) atoms. The van der Waals surface area contributed by atoms with E-state index in [1.54, 1.807) is 24.4 Å². The second-order valence-electron chi connectivity index (χ2n) is 7.94. The molecule has 0 aliphatic carbocycles. The van der Waals surface area contributed by atoms with Crippen LogP contribution in [-0.2, 0) is 13.2 Å². The number of hydrazone groups is 1. The first kappa shape index (κ1) is 26.4. The first-order valence-electron chi connectivity index (χ1n) is 11.4. The first-order chi connectivity index (χ1) is 18.0. The summed E-state index contributed by atoms with van der Waals surface area (Å²) in [5.41, 5.74) is 5.73. The Bertz CT molecular complexity index is 1410. The molecule has 0 atom stereocenters. The van der Waals surface area contributed by atoms with E-state index < -0.39 is 0 Å². The van der Waals surface area contributed by atoms with E-state index in [1.807, 2.05) is 72.8 Å². The number of ether oxygens (including phenoxy) is 3. The number of nitrogens with zero attached hydrogens (tertiary/aromatic N) is 1. The Morgan fingerprint density at radius 2 is 1.43 bits per heavy atom. The number of benzene rings is 4. The summed E-state index contributed by atoms with van der Waals surface area (Å²) in [7, 11) is 1.53. The molecule has 0 heterocycles. The molecular weight excluding hydrogens is 600 g/mol. The molecule has 0 aliphatic rings. The Morgan fingerprint density at radius 1 is 0.784 bits per heavy atom. The molecule has 4 aromatic rings. The highest BCUT2D eigenvalue weighted by Gasteiger charge is 2.11. The van der Waals surface area contributed by atoms with Crippen LogP contribution < -0.4 is 19.6 Å². The predicted octanol–water partition coefficient (Wildman–Crippen LogP) is 7.14. The molecular formula is C29H24Br2N2O4. The summed E-state index contributed by atoms with van der Waals surface area (Å²) in [5, 5.41) is 4.12. The molecule has 0 spiro atoms. The van der Waals surface area contributed by atoms with Gasteiger partial charge >= 0.3 is 0 Å². The van der Waals surface area contributed by atoms with Gasteiger partial charge < -0.3 is 14.2 Å². The van der Waals surface area contributed by atoms with Gasteiger partial charge in [-0.05, 0) is 65.7 Å². The maximum absolute atomic E-state index is 12.7. The number of halogens is 2. The Kier molecular flexibility index (Phi) is 9.35. The van der Waals surface area contributed by atoms with Crippen LogP contribution in [0, 0.1) is 0 Å². The Hall–Kier alpha value is -3.62. The van der Waals surface area contributed by atoms with Gasteiger partial charge in [-0.1, -0.05) is 68.3 Å². The van der Waals surface area contributed by atoms with Crippen LogP contribution in [0.5, 0.6) is 17.2 Å². The minimum Gasteiger partial charge on any atom is -0.493 e. The van der Waals surface area contributed by atoms with Crippen molar-refractivity contribution in [1.29, 1.82) is 0 Å². The third-order valence-corrected chi connectivity index (χ3v) is 6.27. The number of rotatable bonds is 10. The number of nitrogens with one attached hydrogen (secondary N) is 1. The van der Waals surface area contributed by atoms with Crippen molar-refractivity contribution in [2.24, 2.45) is 5.10 Å². The van der Waals surface area contributed by atoms with E-state index in [9.17, 15) is 4.79 Å². The van der Waals surface area contributed by atoms with Gasteiger partial charge in [0.1, 0.15) is 19.0 Å². The fourth-order valence-electron chi connectivity index (χ4n) is 3.45. The quantitative estimate of drug-likeness (QED) is 0.151. The lowest BCUT2D eigenvalue weighted by molar-refractivity contribution is 0.0954. The van der Waals surface area contributed by atoms with Crippen LogP contribution in [0.4, 0.5) is 0 Å². The predicted molar refractivity (Wildman–Crippen MR) is 151 cm³/mol. The van der Waals surface area contributed by atoms with Gasteiger partial charge in [0.05, 0.1) is 13.3 Å². The van der Waals surface area contributed by atoms with Crippen molar-refractivity contribution in [1.82, 2.24) is 5.43 Å². The fourth-order valence-corrected chi connectivity index (χ4v) is 4.34. The average molecular weight is 624 g/mol. The topological polar surface area (TPSA) is 69.2 Å². The van der Waals surface area contributed by atoms with Crippen LogP contribution in [0.25, 0.3) is 0 Å². The first-order valence-corrected chi connectivity index (χ1v) is 13.0. The minimum atomic E-state index is -0.374. The molecule has 0 fully saturated rings. The molecule has 0 unspecified atom stereocenters.